The van der Waals surface area contributed by atoms with Crippen molar-refractivity contribution in [2.24, 2.45) is 13.0 Å². The number of fused-ring (bicyclic) bond motifs is 4. The first-order chi connectivity index (χ1) is 10.1. The quantitative estimate of drug-likeness (QED) is 0.744. The summed E-state index contributed by atoms with van der Waals surface area (Å²) in [5.74, 6) is 1.88. The van der Waals surface area contributed by atoms with Gasteiger partial charge in [-0.2, -0.15) is 10.4 Å². The van der Waals surface area contributed by atoms with Crippen molar-refractivity contribution in [3.8, 4) is 6.07 Å². The molecule has 0 fully saturated rings. The van der Waals surface area contributed by atoms with Gasteiger partial charge in [0.25, 0.3) is 0 Å². The third kappa shape index (κ3) is 1.45. The van der Waals surface area contributed by atoms with Crippen LogP contribution >= 0.6 is 0 Å². The molecule has 0 N–H and O–H groups in total. The summed E-state index contributed by atoms with van der Waals surface area (Å²) in [5, 5.41) is 18.1. The van der Waals surface area contributed by atoms with Crippen LogP contribution in [-0.4, -0.2) is 14.9 Å². The second-order valence-corrected chi connectivity index (χ2v) is 6.65. The zero-order valence-corrected chi connectivity index (χ0v) is 12.6. The average Bonchev–Trinajstić information content (AvgIpc) is 3.02. The first kappa shape index (κ1) is 12.6. The Balaban J connectivity index is 1.92. The lowest BCUT2D eigenvalue weighted by molar-refractivity contribution is 0.172. The number of aromatic nitrogens is 3. The molecule has 21 heavy (non-hydrogen) atoms. The molecule has 108 valence electrons. The van der Waals surface area contributed by atoms with Crippen molar-refractivity contribution < 1.29 is 4.52 Å². The molecule has 0 aliphatic heterocycles. The van der Waals surface area contributed by atoms with Crippen LogP contribution in [0.4, 0.5) is 0 Å². The van der Waals surface area contributed by atoms with E-state index in [0.717, 1.165) is 36.3 Å². The predicted octanol–water partition coefficient (Wildman–Crippen LogP) is 2.46. The fourth-order valence-electron chi connectivity index (χ4n) is 4.57. The topological polar surface area (TPSA) is 67.6 Å². The highest BCUT2D eigenvalue weighted by molar-refractivity contribution is 5.45. The maximum atomic E-state index is 9.38. The zero-order valence-electron chi connectivity index (χ0n) is 12.6. The monoisotopic (exact) mass is 282 g/mol. The molecule has 0 radical (unpaired) electrons. The third-order valence-electron chi connectivity index (χ3n) is 5.57. The number of aryl methyl sites for hydroxylation is 1. The SMILES string of the molecule is C[C@@H]1c2oncc2CC2(C)c3nn(C)c(C#N)c3CC[C@@H]12. The minimum Gasteiger partial charge on any atom is -0.361 e. The minimum absolute atomic E-state index is 0.0294. The number of rotatable bonds is 0. The van der Waals surface area contributed by atoms with Gasteiger partial charge < -0.3 is 4.52 Å². The predicted molar refractivity (Wildman–Crippen MR) is 75.7 cm³/mol. The van der Waals surface area contributed by atoms with E-state index >= 15 is 0 Å². The maximum Gasteiger partial charge on any atom is 0.143 e. The van der Waals surface area contributed by atoms with Gasteiger partial charge >= 0.3 is 0 Å². The normalized spacial score (nSPS) is 30.2. The molecule has 0 saturated heterocycles. The number of nitrogens with zero attached hydrogens (tertiary/aromatic N) is 4. The van der Waals surface area contributed by atoms with Gasteiger partial charge in [0.15, 0.2) is 0 Å². The van der Waals surface area contributed by atoms with Crippen molar-refractivity contribution in [3.05, 3.63) is 34.5 Å². The van der Waals surface area contributed by atoms with Gasteiger partial charge in [0.05, 0.1) is 11.9 Å². The fourth-order valence-corrected chi connectivity index (χ4v) is 4.57. The molecule has 0 bridgehead atoms. The second kappa shape index (κ2) is 3.97. The molecular weight excluding hydrogens is 264 g/mol. The smallest absolute Gasteiger partial charge is 0.143 e. The summed E-state index contributed by atoms with van der Waals surface area (Å²) in [6.07, 6.45) is 4.75. The van der Waals surface area contributed by atoms with E-state index in [9.17, 15) is 5.26 Å². The van der Waals surface area contributed by atoms with E-state index in [1.54, 1.807) is 4.68 Å². The van der Waals surface area contributed by atoms with Gasteiger partial charge in [-0.1, -0.05) is 19.0 Å². The van der Waals surface area contributed by atoms with Crippen LogP contribution in [0.25, 0.3) is 0 Å². The number of nitriles is 1. The van der Waals surface area contributed by atoms with E-state index in [0.29, 0.717) is 17.5 Å². The van der Waals surface area contributed by atoms with Crippen LogP contribution in [0.5, 0.6) is 0 Å². The molecule has 1 unspecified atom stereocenters. The Hall–Kier alpha value is -2.09. The van der Waals surface area contributed by atoms with Crippen LogP contribution in [0.15, 0.2) is 10.7 Å². The highest BCUT2D eigenvalue weighted by atomic mass is 16.5. The summed E-state index contributed by atoms with van der Waals surface area (Å²) in [7, 11) is 1.87. The molecule has 0 aromatic carbocycles. The molecule has 2 heterocycles. The lowest BCUT2D eigenvalue weighted by Crippen LogP contribution is -2.44. The summed E-state index contributed by atoms with van der Waals surface area (Å²) in [4.78, 5) is 0. The van der Waals surface area contributed by atoms with Crippen molar-refractivity contribution in [2.45, 2.75) is 44.4 Å². The van der Waals surface area contributed by atoms with Crippen molar-refractivity contribution >= 4 is 0 Å². The van der Waals surface area contributed by atoms with Gasteiger partial charge in [0, 0.05) is 29.5 Å². The first-order valence-corrected chi connectivity index (χ1v) is 7.46. The lowest BCUT2D eigenvalue weighted by Gasteiger charge is -2.46. The largest absolute Gasteiger partial charge is 0.361 e. The second-order valence-electron chi connectivity index (χ2n) is 6.65. The van der Waals surface area contributed by atoms with Crippen molar-refractivity contribution in [2.75, 3.05) is 0 Å². The van der Waals surface area contributed by atoms with E-state index in [1.165, 1.54) is 5.56 Å². The zero-order chi connectivity index (χ0) is 14.8. The van der Waals surface area contributed by atoms with Gasteiger partial charge in [-0.3, -0.25) is 4.68 Å². The summed E-state index contributed by atoms with van der Waals surface area (Å²) in [5.41, 5.74) is 4.13. The van der Waals surface area contributed by atoms with E-state index in [2.05, 4.69) is 25.1 Å². The molecule has 0 saturated carbocycles. The van der Waals surface area contributed by atoms with Crippen LogP contribution in [0.2, 0.25) is 0 Å². The molecule has 4 rings (SSSR count). The van der Waals surface area contributed by atoms with E-state index in [-0.39, 0.29) is 5.41 Å². The van der Waals surface area contributed by atoms with Crippen LogP contribution in [0, 0.1) is 17.2 Å². The third-order valence-corrected chi connectivity index (χ3v) is 5.57. The van der Waals surface area contributed by atoms with Crippen LogP contribution in [0.3, 0.4) is 0 Å². The van der Waals surface area contributed by atoms with Crippen LogP contribution < -0.4 is 0 Å². The average molecular weight is 282 g/mol. The lowest BCUT2D eigenvalue weighted by atomic mass is 9.57. The Morgan fingerprint density at radius 1 is 1.52 bits per heavy atom. The molecule has 5 nitrogen and oxygen atoms in total. The van der Waals surface area contributed by atoms with Gasteiger partial charge in [0.2, 0.25) is 0 Å². The Bertz CT molecular complexity index is 766. The van der Waals surface area contributed by atoms with E-state index in [1.807, 2.05) is 13.2 Å². The molecule has 2 aromatic rings. The summed E-state index contributed by atoms with van der Waals surface area (Å²) >= 11 is 0. The summed E-state index contributed by atoms with van der Waals surface area (Å²) in [6.45, 7) is 4.52. The molecular formula is C16H18N4O. The molecule has 2 aliphatic rings. The summed E-state index contributed by atoms with van der Waals surface area (Å²) < 4.78 is 7.21. The molecule has 3 atom stereocenters. The standard InChI is InChI=1S/C16H18N4O/c1-9-12-5-4-11-13(7-17)20(3)19-15(11)16(12,2)6-10-8-18-21-14(9)10/h8-9,12H,4-6H2,1-3H3/t9-,12-,16?/m0/s1. The fraction of sp³-hybridized carbons (Fsp3) is 0.562. The van der Waals surface area contributed by atoms with Crippen molar-refractivity contribution in [3.63, 3.8) is 0 Å². The molecule has 2 aliphatic carbocycles. The Kier molecular flexibility index (Phi) is 2.39. The first-order valence-electron chi connectivity index (χ1n) is 7.46. The summed E-state index contributed by atoms with van der Waals surface area (Å²) in [6, 6.07) is 2.31. The Labute approximate surface area is 123 Å². The highest BCUT2D eigenvalue weighted by Crippen LogP contribution is 2.53. The van der Waals surface area contributed by atoms with Crippen LogP contribution in [-0.2, 0) is 25.3 Å². The van der Waals surface area contributed by atoms with E-state index < -0.39 is 0 Å². The Morgan fingerprint density at radius 2 is 2.33 bits per heavy atom. The van der Waals surface area contributed by atoms with E-state index in [4.69, 9.17) is 9.62 Å². The van der Waals surface area contributed by atoms with Crippen LogP contribution in [0.1, 0.15) is 54.5 Å². The highest BCUT2D eigenvalue weighted by Gasteiger charge is 2.51. The van der Waals surface area contributed by atoms with Crippen molar-refractivity contribution in [1.29, 1.82) is 5.26 Å². The molecule has 5 heteroatoms. The Morgan fingerprint density at radius 3 is 3.10 bits per heavy atom. The minimum atomic E-state index is -0.0294. The van der Waals surface area contributed by atoms with Gasteiger partial charge in [-0.25, -0.2) is 0 Å². The van der Waals surface area contributed by atoms with Gasteiger partial charge in [-0.15, -0.1) is 0 Å². The van der Waals surface area contributed by atoms with Gasteiger partial charge in [0.1, 0.15) is 17.5 Å². The molecule has 0 amide bonds. The number of hydrogen-bond donors (Lipinski definition) is 0. The van der Waals surface area contributed by atoms with Crippen molar-refractivity contribution in [1.82, 2.24) is 14.9 Å². The molecule has 0 spiro atoms. The molecule has 2 aromatic heterocycles. The van der Waals surface area contributed by atoms with Gasteiger partial charge in [-0.05, 0) is 25.2 Å². The number of hydrogen-bond acceptors (Lipinski definition) is 4. The maximum absolute atomic E-state index is 9.38.